The quantitative estimate of drug-likeness (QED) is 0.680. The monoisotopic (exact) mass is 205 g/mol. The van der Waals surface area contributed by atoms with Gasteiger partial charge in [0.25, 0.3) is 0 Å². The highest BCUT2D eigenvalue weighted by Gasteiger charge is 2.28. The third-order valence-electron chi connectivity index (χ3n) is 2.91. The first-order valence-electron chi connectivity index (χ1n) is 5.25. The van der Waals surface area contributed by atoms with Crippen LogP contribution in [0, 0.1) is 0 Å². The summed E-state index contributed by atoms with van der Waals surface area (Å²) in [5.41, 5.74) is 3.01. The van der Waals surface area contributed by atoms with Crippen LogP contribution in [0.25, 0.3) is 0 Å². The average Bonchev–Trinajstić information content (AvgIpc) is 2.61. The molecule has 80 valence electrons. The SMILES string of the molecule is C=C/C=C1\CC(O)NC(=O)C2=C1CCC2. The predicted molar refractivity (Wildman–Crippen MR) is 57.9 cm³/mol. The summed E-state index contributed by atoms with van der Waals surface area (Å²) in [6, 6.07) is 0. The molecule has 3 nitrogen and oxygen atoms in total. The van der Waals surface area contributed by atoms with Crippen molar-refractivity contribution in [3.8, 4) is 0 Å². The number of hydrogen-bond acceptors (Lipinski definition) is 2. The number of carbonyl (C=O) groups is 1. The van der Waals surface area contributed by atoms with Crippen molar-refractivity contribution in [2.24, 2.45) is 0 Å². The number of aliphatic hydroxyl groups is 1. The predicted octanol–water partition coefficient (Wildman–Crippen LogP) is 1.42. The van der Waals surface area contributed by atoms with Gasteiger partial charge in [-0.25, -0.2) is 0 Å². The van der Waals surface area contributed by atoms with Crippen molar-refractivity contribution in [1.82, 2.24) is 5.32 Å². The molecule has 0 fully saturated rings. The lowest BCUT2D eigenvalue weighted by Gasteiger charge is -2.11. The largest absolute Gasteiger partial charge is 0.373 e. The number of aliphatic hydroxyl groups excluding tert-OH is 1. The zero-order valence-corrected chi connectivity index (χ0v) is 8.62. The van der Waals surface area contributed by atoms with E-state index in [1.807, 2.05) is 6.08 Å². The number of nitrogens with one attached hydrogen (secondary N) is 1. The van der Waals surface area contributed by atoms with Crippen molar-refractivity contribution in [2.75, 3.05) is 0 Å². The third-order valence-corrected chi connectivity index (χ3v) is 2.91. The van der Waals surface area contributed by atoms with Gasteiger partial charge in [-0.3, -0.25) is 4.79 Å². The van der Waals surface area contributed by atoms with Crippen molar-refractivity contribution in [3.05, 3.63) is 35.5 Å². The molecule has 0 spiro atoms. The van der Waals surface area contributed by atoms with Gasteiger partial charge in [-0.2, -0.15) is 0 Å². The van der Waals surface area contributed by atoms with Gasteiger partial charge in [0.1, 0.15) is 6.23 Å². The molecule has 0 aromatic rings. The van der Waals surface area contributed by atoms with E-state index in [0.29, 0.717) is 6.42 Å². The van der Waals surface area contributed by atoms with Gasteiger partial charge >= 0.3 is 0 Å². The number of rotatable bonds is 1. The summed E-state index contributed by atoms with van der Waals surface area (Å²) in [4.78, 5) is 11.7. The van der Waals surface area contributed by atoms with Crippen LogP contribution in [0.1, 0.15) is 25.7 Å². The maximum Gasteiger partial charge on any atom is 0.249 e. The molecule has 0 bridgehead atoms. The first-order valence-corrected chi connectivity index (χ1v) is 5.25. The summed E-state index contributed by atoms with van der Waals surface area (Å²) in [7, 11) is 0. The standard InChI is InChI=1S/C12H15NO2/c1-2-4-8-7-11(14)13-12(15)10-6-3-5-9(8)10/h2,4,11,14H,1,3,5-7H2,(H,13,15)/b8-4+. The van der Waals surface area contributed by atoms with E-state index in [9.17, 15) is 9.90 Å². The van der Waals surface area contributed by atoms with Crippen LogP contribution in [-0.2, 0) is 4.79 Å². The molecule has 1 atom stereocenters. The van der Waals surface area contributed by atoms with E-state index >= 15 is 0 Å². The molecule has 3 heteroatoms. The Hall–Kier alpha value is -1.35. The molecule has 1 aliphatic carbocycles. The number of allylic oxidation sites excluding steroid dienone is 3. The highest BCUT2D eigenvalue weighted by Crippen LogP contribution is 2.35. The van der Waals surface area contributed by atoms with Gasteiger partial charge in [0, 0.05) is 12.0 Å². The molecular weight excluding hydrogens is 190 g/mol. The van der Waals surface area contributed by atoms with E-state index in [1.165, 1.54) is 0 Å². The molecule has 0 radical (unpaired) electrons. The molecule has 1 heterocycles. The van der Waals surface area contributed by atoms with Gasteiger partial charge in [0.15, 0.2) is 0 Å². The van der Waals surface area contributed by atoms with Gasteiger partial charge in [-0.15, -0.1) is 0 Å². The number of carbonyl (C=O) groups excluding carboxylic acids is 1. The minimum Gasteiger partial charge on any atom is -0.373 e. The molecule has 0 aromatic heterocycles. The van der Waals surface area contributed by atoms with Crippen LogP contribution in [0.4, 0.5) is 0 Å². The molecule has 15 heavy (non-hydrogen) atoms. The van der Waals surface area contributed by atoms with E-state index in [4.69, 9.17) is 0 Å². The van der Waals surface area contributed by atoms with Gasteiger partial charge in [-0.05, 0) is 30.4 Å². The molecule has 0 aromatic carbocycles. The smallest absolute Gasteiger partial charge is 0.249 e. The van der Waals surface area contributed by atoms with Crippen molar-refractivity contribution >= 4 is 5.91 Å². The molecule has 1 amide bonds. The molecule has 2 aliphatic rings. The molecule has 2 rings (SSSR count). The molecule has 2 N–H and O–H groups in total. The van der Waals surface area contributed by atoms with Crippen molar-refractivity contribution in [3.63, 3.8) is 0 Å². The number of hydrogen-bond donors (Lipinski definition) is 2. The zero-order valence-electron chi connectivity index (χ0n) is 8.62. The van der Waals surface area contributed by atoms with E-state index in [2.05, 4.69) is 11.9 Å². The Bertz CT molecular complexity index is 366. The lowest BCUT2D eigenvalue weighted by atomic mass is 9.99. The second-order valence-electron chi connectivity index (χ2n) is 3.93. The second kappa shape index (κ2) is 4.03. The number of amides is 1. The maximum absolute atomic E-state index is 11.7. The molecule has 0 saturated carbocycles. The minimum atomic E-state index is -0.769. The van der Waals surface area contributed by atoms with Crippen molar-refractivity contribution in [2.45, 2.75) is 31.9 Å². The van der Waals surface area contributed by atoms with Crippen LogP contribution in [0.3, 0.4) is 0 Å². The average molecular weight is 205 g/mol. The van der Waals surface area contributed by atoms with Crippen LogP contribution >= 0.6 is 0 Å². The fourth-order valence-corrected chi connectivity index (χ4v) is 2.28. The van der Waals surface area contributed by atoms with Gasteiger partial charge < -0.3 is 10.4 Å². The Morgan fingerprint density at radius 1 is 1.40 bits per heavy atom. The molecule has 1 aliphatic heterocycles. The molecule has 0 saturated heterocycles. The normalized spacial score (nSPS) is 28.7. The summed E-state index contributed by atoms with van der Waals surface area (Å²) in [6.45, 7) is 3.66. The first-order chi connectivity index (χ1) is 7.22. The van der Waals surface area contributed by atoms with Gasteiger partial charge in [0.2, 0.25) is 5.91 Å². The van der Waals surface area contributed by atoms with Crippen molar-refractivity contribution in [1.29, 1.82) is 0 Å². The van der Waals surface area contributed by atoms with E-state index < -0.39 is 6.23 Å². The fourth-order valence-electron chi connectivity index (χ4n) is 2.28. The third kappa shape index (κ3) is 1.88. The lowest BCUT2D eigenvalue weighted by Crippen LogP contribution is -2.33. The second-order valence-corrected chi connectivity index (χ2v) is 3.93. The summed E-state index contributed by atoms with van der Waals surface area (Å²) in [6.07, 6.45) is 6.11. The highest BCUT2D eigenvalue weighted by molar-refractivity contribution is 5.96. The fraction of sp³-hybridized carbons (Fsp3) is 0.417. The van der Waals surface area contributed by atoms with Crippen LogP contribution < -0.4 is 5.32 Å². The Labute approximate surface area is 89.2 Å². The lowest BCUT2D eigenvalue weighted by molar-refractivity contribution is -0.120. The van der Waals surface area contributed by atoms with E-state index in [-0.39, 0.29) is 5.91 Å². The Balaban J connectivity index is 2.41. The van der Waals surface area contributed by atoms with Crippen LogP contribution in [0.2, 0.25) is 0 Å². The summed E-state index contributed by atoms with van der Waals surface area (Å²) in [5, 5.41) is 12.2. The van der Waals surface area contributed by atoms with Crippen LogP contribution in [0.15, 0.2) is 35.5 Å². The first kappa shape index (κ1) is 10.2. The summed E-state index contributed by atoms with van der Waals surface area (Å²) >= 11 is 0. The minimum absolute atomic E-state index is 0.109. The Morgan fingerprint density at radius 2 is 2.13 bits per heavy atom. The van der Waals surface area contributed by atoms with Crippen molar-refractivity contribution < 1.29 is 9.90 Å². The van der Waals surface area contributed by atoms with Gasteiger partial charge in [-0.1, -0.05) is 18.7 Å². The highest BCUT2D eigenvalue weighted by atomic mass is 16.3. The van der Waals surface area contributed by atoms with Crippen LogP contribution in [-0.4, -0.2) is 17.2 Å². The van der Waals surface area contributed by atoms with E-state index in [1.54, 1.807) is 6.08 Å². The Kier molecular flexibility index (Phi) is 2.73. The van der Waals surface area contributed by atoms with E-state index in [0.717, 1.165) is 36.0 Å². The summed E-state index contributed by atoms with van der Waals surface area (Å²) in [5.74, 6) is -0.109. The summed E-state index contributed by atoms with van der Waals surface area (Å²) < 4.78 is 0. The van der Waals surface area contributed by atoms with Crippen LogP contribution in [0.5, 0.6) is 0 Å². The molecular formula is C12H15NO2. The van der Waals surface area contributed by atoms with Gasteiger partial charge in [0.05, 0.1) is 0 Å². The Morgan fingerprint density at radius 3 is 2.87 bits per heavy atom. The zero-order chi connectivity index (χ0) is 10.8. The maximum atomic E-state index is 11.7. The topological polar surface area (TPSA) is 49.3 Å². The molecule has 1 unspecified atom stereocenters.